The first kappa shape index (κ1) is 14.2. The van der Waals surface area contributed by atoms with Crippen LogP contribution in [0.2, 0.25) is 0 Å². The minimum atomic E-state index is 0.0367. The zero-order valence-corrected chi connectivity index (χ0v) is 12.9. The summed E-state index contributed by atoms with van der Waals surface area (Å²) in [5, 5.41) is 3.32. The van der Waals surface area contributed by atoms with E-state index in [4.69, 9.17) is 0 Å². The third kappa shape index (κ3) is 3.87. The molecule has 0 fully saturated rings. The molecule has 0 aliphatic heterocycles. The highest BCUT2D eigenvalue weighted by Crippen LogP contribution is 2.01. The Morgan fingerprint density at radius 3 is 2.79 bits per heavy atom. The monoisotopic (exact) mass is 369 g/mol. The number of nitrogens with one attached hydrogen (secondary N) is 1. The molecule has 100 valence electrons. The highest BCUT2D eigenvalue weighted by atomic mass is 127. The van der Waals surface area contributed by atoms with E-state index in [1.807, 2.05) is 47.7 Å². The van der Waals surface area contributed by atoms with E-state index >= 15 is 0 Å². The number of nitrogens with zero attached hydrogens (tertiary/aromatic N) is 2. The quantitative estimate of drug-likeness (QED) is 0.648. The number of halogens is 1. The van der Waals surface area contributed by atoms with Gasteiger partial charge in [-0.1, -0.05) is 30.3 Å². The van der Waals surface area contributed by atoms with Gasteiger partial charge in [0.2, 0.25) is 0 Å². The van der Waals surface area contributed by atoms with Gasteiger partial charge in [-0.2, -0.15) is 0 Å². The molecule has 5 heteroatoms. The zero-order valence-electron chi connectivity index (χ0n) is 10.8. The second-order valence-electron chi connectivity index (χ2n) is 4.30. The van der Waals surface area contributed by atoms with Crippen LogP contribution in [-0.2, 0) is 13.1 Å². The van der Waals surface area contributed by atoms with E-state index in [0.717, 1.165) is 18.8 Å². The van der Waals surface area contributed by atoms with Crippen molar-refractivity contribution in [2.45, 2.75) is 20.0 Å². The summed E-state index contributed by atoms with van der Waals surface area (Å²) in [4.78, 5) is 16.1. The van der Waals surface area contributed by atoms with Crippen molar-refractivity contribution in [3.63, 3.8) is 0 Å². The summed E-state index contributed by atoms with van der Waals surface area (Å²) >= 11 is 2.05. The Morgan fingerprint density at radius 1 is 1.32 bits per heavy atom. The maximum atomic E-state index is 11.9. The Balaban J connectivity index is 1.87. The van der Waals surface area contributed by atoms with Gasteiger partial charge in [-0.3, -0.25) is 9.36 Å². The van der Waals surface area contributed by atoms with E-state index in [0.29, 0.717) is 10.1 Å². The van der Waals surface area contributed by atoms with Crippen molar-refractivity contribution < 1.29 is 0 Å². The van der Waals surface area contributed by atoms with Crippen molar-refractivity contribution >= 4 is 22.6 Å². The van der Waals surface area contributed by atoms with Gasteiger partial charge in [-0.15, -0.1) is 0 Å². The standard InChI is InChI=1S/C14H16IN3O/c1-11-13(15)14(19)18(10-17-11)8-7-16-9-12-5-3-2-4-6-12/h2-6,10,16H,7-9H2,1H3. The maximum Gasteiger partial charge on any atom is 0.267 e. The molecule has 1 aromatic heterocycles. The largest absolute Gasteiger partial charge is 0.311 e. The lowest BCUT2D eigenvalue weighted by atomic mass is 10.2. The van der Waals surface area contributed by atoms with E-state index in [-0.39, 0.29) is 5.56 Å². The summed E-state index contributed by atoms with van der Waals surface area (Å²) in [7, 11) is 0. The van der Waals surface area contributed by atoms with E-state index in [9.17, 15) is 4.79 Å². The summed E-state index contributed by atoms with van der Waals surface area (Å²) in [5.41, 5.74) is 2.07. The Hall–Kier alpha value is -1.21. The second-order valence-corrected chi connectivity index (χ2v) is 5.38. The summed E-state index contributed by atoms with van der Waals surface area (Å²) in [6.07, 6.45) is 1.62. The van der Waals surface area contributed by atoms with Crippen molar-refractivity contribution in [2.75, 3.05) is 6.54 Å². The van der Waals surface area contributed by atoms with Crippen LogP contribution in [-0.4, -0.2) is 16.1 Å². The molecule has 1 heterocycles. The minimum Gasteiger partial charge on any atom is -0.311 e. The van der Waals surface area contributed by atoms with E-state index in [1.54, 1.807) is 10.9 Å². The smallest absolute Gasteiger partial charge is 0.267 e. The van der Waals surface area contributed by atoms with Crippen LogP contribution in [0.3, 0.4) is 0 Å². The van der Waals surface area contributed by atoms with Crippen molar-refractivity contribution in [1.29, 1.82) is 0 Å². The van der Waals surface area contributed by atoms with Crippen LogP contribution in [0.25, 0.3) is 0 Å². The van der Waals surface area contributed by atoms with Crippen LogP contribution in [0, 0.1) is 10.5 Å². The predicted octanol–water partition coefficient (Wildman–Crippen LogP) is 1.95. The molecule has 1 N–H and O–H groups in total. The summed E-state index contributed by atoms with van der Waals surface area (Å²) in [6, 6.07) is 10.2. The summed E-state index contributed by atoms with van der Waals surface area (Å²) in [5.74, 6) is 0. The van der Waals surface area contributed by atoms with Gasteiger partial charge in [0, 0.05) is 19.6 Å². The molecule has 0 radical (unpaired) electrons. The molecule has 19 heavy (non-hydrogen) atoms. The molecule has 0 saturated heterocycles. The normalized spacial score (nSPS) is 10.6. The molecule has 2 rings (SSSR count). The van der Waals surface area contributed by atoms with E-state index in [1.165, 1.54) is 5.56 Å². The predicted molar refractivity (Wildman–Crippen MR) is 84.1 cm³/mol. The van der Waals surface area contributed by atoms with Crippen molar-refractivity contribution in [3.8, 4) is 0 Å². The first-order valence-electron chi connectivity index (χ1n) is 6.14. The minimum absolute atomic E-state index is 0.0367. The van der Waals surface area contributed by atoms with E-state index in [2.05, 4.69) is 22.4 Å². The van der Waals surface area contributed by atoms with Crippen LogP contribution in [0.5, 0.6) is 0 Å². The summed E-state index contributed by atoms with van der Waals surface area (Å²) in [6.45, 7) is 4.04. The van der Waals surface area contributed by atoms with Crippen LogP contribution < -0.4 is 10.9 Å². The van der Waals surface area contributed by atoms with Gasteiger partial charge in [-0.05, 0) is 35.1 Å². The van der Waals surface area contributed by atoms with Gasteiger partial charge in [0.1, 0.15) is 0 Å². The first-order chi connectivity index (χ1) is 9.18. The molecule has 2 aromatic rings. The Morgan fingerprint density at radius 2 is 2.05 bits per heavy atom. The van der Waals surface area contributed by atoms with Crippen molar-refractivity contribution in [3.05, 3.63) is 61.8 Å². The molecule has 0 aliphatic rings. The molecule has 4 nitrogen and oxygen atoms in total. The first-order valence-corrected chi connectivity index (χ1v) is 7.22. The van der Waals surface area contributed by atoms with Gasteiger partial charge in [0.05, 0.1) is 15.6 Å². The number of hydrogen-bond donors (Lipinski definition) is 1. The average molecular weight is 369 g/mol. The fourth-order valence-corrected chi connectivity index (χ4v) is 2.18. The molecule has 0 aliphatic carbocycles. The number of hydrogen-bond acceptors (Lipinski definition) is 3. The highest BCUT2D eigenvalue weighted by molar-refractivity contribution is 14.1. The molecule has 0 bridgehead atoms. The number of aryl methyl sites for hydroxylation is 1. The van der Waals surface area contributed by atoms with Crippen LogP contribution in [0.15, 0.2) is 41.5 Å². The van der Waals surface area contributed by atoms with Gasteiger partial charge in [0.25, 0.3) is 5.56 Å². The fourth-order valence-electron chi connectivity index (χ4n) is 1.73. The Kier molecular flexibility index (Phi) is 5.09. The van der Waals surface area contributed by atoms with E-state index < -0.39 is 0 Å². The topological polar surface area (TPSA) is 46.9 Å². The molecular formula is C14H16IN3O. The SMILES string of the molecule is Cc1ncn(CCNCc2ccccc2)c(=O)c1I. The van der Waals surface area contributed by atoms with Crippen LogP contribution in [0.1, 0.15) is 11.3 Å². The molecule has 0 spiro atoms. The molecule has 0 saturated carbocycles. The fraction of sp³-hybridized carbons (Fsp3) is 0.286. The lowest BCUT2D eigenvalue weighted by Gasteiger charge is -2.08. The number of rotatable bonds is 5. The van der Waals surface area contributed by atoms with Crippen molar-refractivity contribution in [2.24, 2.45) is 0 Å². The third-order valence-electron chi connectivity index (χ3n) is 2.86. The molecule has 0 unspecified atom stereocenters. The highest BCUT2D eigenvalue weighted by Gasteiger charge is 2.04. The number of aromatic nitrogens is 2. The zero-order chi connectivity index (χ0) is 13.7. The maximum absolute atomic E-state index is 11.9. The van der Waals surface area contributed by atoms with Gasteiger partial charge >= 0.3 is 0 Å². The Bertz CT molecular complexity index is 595. The lowest BCUT2D eigenvalue weighted by molar-refractivity contribution is 0.575. The second kappa shape index (κ2) is 6.81. The summed E-state index contributed by atoms with van der Waals surface area (Å²) < 4.78 is 2.34. The lowest BCUT2D eigenvalue weighted by Crippen LogP contribution is -2.29. The molecule has 1 aromatic carbocycles. The Labute approximate surface area is 126 Å². The van der Waals surface area contributed by atoms with Crippen LogP contribution in [0.4, 0.5) is 0 Å². The third-order valence-corrected chi connectivity index (χ3v) is 4.10. The average Bonchev–Trinajstić information content (AvgIpc) is 2.44. The van der Waals surface area contributed by atoms with Crippen molar-refractivity contribution in [1.82, 2.24) is 14.9 Å². The molecular weight excluding hydrogens is 353 g/mol. The van der Waals surface area contributed by atoms with Crippen LogP contribution >= 0.6 is 22.6 Å². The molecule has 0 atom stereocenters. The van der Waals surface area contributed by atoms with Gasteiger partial charge in [-0.25, -0.2) is 4.98 Å². The van der Waals surface area contributed by atoms with Gasteiger partial charge in [0.15, 0.2) is 0 Å². The van der Waals surface area contributed by atoms with Gasteiger partial charge < -0.3 is 5.32 Å². The number of benzene rings is 1. The molecule has 0 amide bonds.